The van der Waals surface area contributed by atoms with E-state index in [-0.39, 0.29) is 10.8 Å². The summed E-state index contributed by atoms with van der Waals surface area (Å²) in [5.41, 5.74) is 0. The van der Waals surface area contributed by atoms with Crippen LogP contribution in [-0.2, 0) is 0 Å². The summed E-state index contributed by atoms with van der Waals surface area (Å²) in [5, 5.41) is 0.978. The molecule has 0 radical (unpaired) electrons. The van der Waals surface area contributed by atoms with Gasteiger partial charge in [-0.1, -0.05) is 62.4 Å². The highest BCUT2D eigenvalue weighted by Gasteiger charge is 2.27. The number of benzene rings is 3. The minimum atomic E-state index is -1.78. The predicted molar refractivity (Wildman–Crippen MR) is 99.3 cm³/mol. The predicted octanol–water partition coefficient (Wildman–Crippen LogP) is 5.09. The largest absolute Gasteiger partial charge is 0.275 e. The summed E-state index contributed by atoms with van der Waals surface area (Å²) >= 11 is 0. The molecule has 0 saturated heterocycles. The van der Waals surface area contributed by atoms with Gasteiger partial charge in [-0.3, -0.25) is 4.67 Å². The normalized spacial score (nSPS) is 12.7. The van der Waals surface area contributed by atoms with Crippen molar-refractivity contribution in [1.29, 1.82) is 0 Å². The first kappa shape index (κ1) is 18.8. The Kier molecular flexibility index (Phi) is 5.59. The van der Waals surface area contributed by atoms with Gasteiger partial charge in [-0.25, -0.2) is 17.6 Å². The van der Waals surface area contributed by atoms with Crippen LogP contribution < -0.4 is 10.6 Å². The van der Waals surface area contributed by atoms with Crippen LogP contribution in [0.15, 0.2) is 48.5 Å². The van der Waals surface area contributed by atoms with E-state index in [9.17, 15) is 17.6 Å². The van der Waals surface area contributed by atoms with Crippen molar-refractivity contribution in [2.45, 2.75) is 13.8 Å². The number of hydrogen-bond donors (Lipinski definition) is 0. The fraction of sp³-hybridized carbons (Fsp3) is 0.200. The highest BCUT2D eigenvalue weighted by Crippen LogP contribution is 2.41. The molecule has 6 heteroatoms. The molecule has 0 saturated carbocycles. The van der Waals surface area contributed by atoms with Gasteiger partial charge in [0, 0.05) is 24.1 Å². The molecular formula is C20H18F4NP. The second-order valence-electron chi connectivity index (χ2n) is 5.74. The summed E-state index contributed by atoms with van der Waals surface area (Å²) in [7, 11) is -1.23. The van der Waals surface area contributed by atoms with Gasteiger partial charge in [-0.15, -0.1) is 0 Å². The average Bonchev–Trinajstić information content (AvgIpc) is 2.68. The van der Waals surface area contributed by atoms with Crippen molar-refractivity contribution in [3.8, 4) is 0 Å². The van der Waals surface area contributed by atoms with Gasteiger partial charge in [0.2, 0.25) is 0 Å². The van der Waals surface area contributed by atoms with Crippen molar-refractivity contribution in [3.05, 3.63) is 71.8 Å². The quantitative estimate of drug-likeness (QED) is 0.258. The summed E-state index contributed by atoms with van der Waals surface area (Å²) < 4.78 is 58.7. The summed E-state index contributed by atoms with van der Waals surface area (Å²) in [6.07, 6.45) is 0. The van der Waals surface area contributed by atoms with Crippen LogP contribution >= 0.6 is 8.07 Å². The Morgan fingerprint density at radius 2 is 1.35 bits per heavy atom. The van der Waals surface area contributed by atoms with Gasteiger partial charge in [0.15, 0.2) is 23.3 Å². The van der Waals surface area contributed by atoms with Crippen molar-refractivity contribution in [1.82, 2.24) is 4.67 Å². The van der Waals surface area contributed by atoms with Crippen molar-refractivity contribution in [2.24, 2.45) is 0 Å². The van der Waals surface area contributed by atoms with E-state index in [1.165, 1.54) is 6.07 Å². The van der Waals surface area contributed by atoms with Gasteiger partial charge in [0.25, 0.3) is 0 Å². The lowest BCUT2D eigenvalue weighted by atomic mass is 10.1. The highest BCUT2D eigenvalue weighted by molar-refractivity contribution is 7.71. The summed E-state index contributed by atoms with van der Waals surface area (Å²) in [5.74, 6) is -6.25. The van der Waals surface area contributed by atoms with E-state index < -0.39 is 31.3 Å². The average molecular weight is 379 g/mol. The molecular weight excluding hydrogens is 361 g/mol. The Morgan fingerprint density at radius 3 is 1.96 bits per heavy atom. The molecule has 26 heavy (non-hydrogen) atoms. The topological polar surface area (TPSA) is 3.24 Å². The molecule has 136 valence electrons. The Labute approximate surface area is 151 Å². The molecule has 3 rings (SSSR count). The Bertz CT molecular complexity index is 926. The fourth-order valence-electron chi connectivity index (χ4n) is 3.08. The van der Waals surface area contributed by atoms with Crippen molar-refractivity contribution >= 4 is 29.5 Å². The first-order chi connectivity index (χ1) is 12.5. The minimum absolute atomic E-state index is 0.189. The molecule has 0 N–H and O–H groups in total. The fourth-order valence-corrected chi connectivity index (χ4v) is 5.67. The van der Waals surface area contributed by atoms with Crippen LogP contribution in [0.4, 0.5) is 17.6 Å². The van der Waals surface area contributed by atoms with Crippen LogP contribution in [0, 0.1) is 23.3 Å². The van der Waals surface area contributed by atoms with Crippen LogP contribution in [0.2, 0.25) is 0 Å². The molecule has 0 fully saturated rings. The third-order valence-corrected chi connectivity index (χ3v) is 7.07. The summed E-state index contributed by atoms with van der Waals surface area (Å²) in [4.78, 5) is 0. The molecule has 0 aliphatic rings. The maximum atomic E-state index is 14.7. The Balaban J connectivity index is 2.37. The lowest BCUT2D eigenvalue weighted by Gasteiger charge is -2.31. The van der Waals surface area contributed by atoms with Crippen LogP contribution in [0.3, 0.4) is 0 Å². The minimum Gasteiger partial charge on any atom is -0.275 e. The van der Waals surface area contributed by atoms with Gasteiger partial charge >= 0.3 is 0 Å². The standard InChI is InChI=1S/C20H18F4NP/c1-3-25(4-2)26(13-9-6-5-7-10-13)15-12-8-11-14-16(15)18(22)20(24)19(23)17(14)21/h5-12H,3-4H2,1-2H3. The summed E-state index contributed by atoms with van der Waals surface area (Å²) in [6.45, 7) is 5.32. The van der Waals surface area contributed by atoms with Gasteiger partial charge in [0.1, 0.15) is 0 Å². The van der Waals surface area contributed by atoms with E-state index in [0.717, 1.165) is 5.30 Å². The van der Waals surface area contributed by atoms with E-state index in [1.54, 1.807) is 12.1 Å². The highest BCUT2D eigenvalue weighted by atomic mass is 31.1. The number of halogens is 4. The first-order valence-electron chi connectivity index (χ1n) is 8.35. The van der Waals surface area contributed by atoms with E-state index in [1.807, 2.05) is 44.2 Å². The second kappa shape index (κ2) is 7.73. The van der Waals surface area contributed by atoms with Gasteiger partial charge in [-0.2, -0.15) is 0 Å². The van der Waals surface area contributed by atoms with E-state index in [0.29, 0.717) is 18.4 Å². The third-order valence-electron chi connectivity index (χ3n) is 4.32. The molecule has 0 bridgehead atoms. The third kappa shape index (κ3) is 3.10. The molecule has 1 unspecified atom stereocenters. The lowest BCUT2D eigenvalue weighted by Crippen LogP contribution is -2.29. The van der Waals surface area contributed by atoms with Crippen LogP contribution in [0.25, 0.3) is 10.8 Å². The second-order valence-corrected chi connectivity index (χ2v) is 7.93. The van der Waals surface area contributed by atoms with Crippen LogP contribution in [-0.4, -0.2) is 17.8 Å². The number of nitrogens with zero attached hydrogens (tertiary/aromatic N) is 1. The van der Waals surface area contributed by atoms with Crippen LogP contribution in [0.1, 0.15) is 13.8 Å². The molecule has 3 aromatic carbocycles. The van der Waals surface area contributed by atoms with Crippen molar-refractivity contribution in [2.75, 3.05) is 13.1 Å². The maximum Gasteiger partial charge on any atom is 0.198 e. The monoisotopic (exact) mass is 379 g/mol. The SMILES string of the molecule is CCN(CC)P(c1ccccc1)c1cccc2c(F)c(F)c(F)c(F)c12. The molecule has 1 atom stereocenters. The molecule has 0 aromatic heterocycles. The molecule has 0 spiro atoms. The van der Waals surface area contributed by atoms with E-state index >= 15 is 0 Å². The Hall–Kier alpha value is -1.97. The molecule has 0 aliphatic carbocycles. The van der Waals surface area contributed by atoms with E-state index in [2.05, 4.69) is 4.67 Å². The van der Waals surface area contributed by atoms with Gasteiger partial charge in [0.05, 0.1) is 0 Å². The zero-order valence-corrected chi connectivity index (χ0v) is 15.3. The maximum absolute atomic E-state index is 14.7. The number of hydrogen-bond acceptors (Lipinski definition) is 1. The van der Waals surface area contributed by atoms with E-state index in [4.69, 9.17) is 0 Å². The smallest absolute Gasteiger partial charge is 0.198 e. The molecule has 0 aliphatic heterocycles. The van der Waals surface area contributed by atoms with Crippen molar-refractivity contribution < 1.29 is 17.6 Å². The van der Waals surface area contributed by atoms with Gasteiger partial charge < -0.3 is 0 Å². The molecule has 1 nitrogen and oxygen atoms in total. The van der Waals surface area contributed by atoms with Crippen LogP contribution in [0.5, 0.6) is 0 Å². The molecule has 0 heterocycles. The zero-order chi connectivity index (χ0) is 18.8. The number of rotatable bonds is 5. The summed E-state index contributed by atoms with van der Waals surface area (Å²) in [6, 6.07) is 13.9. The first-order valence-corrected chi connectivity index (χ1v) is 9.65. The lowest BCUT2D eigenvalue weighted by molar-refractivity contribution is 0.418. The number of fused-ring (bicyclic) bond motifs is 1. The Morgan fingerprint density at radius 1 is 0.731 bits per heavy atom. The van der Waals surface area contributed by atoms with Crippen molar-refractivity contribution in [3.63, 3.8) is 0 Å². The molecule has 3 aromatic rings. The van der Waals surface area contributed by atoms with Gasteiger partial charge in [-0.05, 0) is 18.4 Å². The molecule has 0 amide bonds. The zero-order valence-electron chi connectivity index (χ0n) is 14.4.